The minimum absolute atomic E-state index is 0.0474. The normalized spacial score (nSPS) is 15.3. The molecule has 0 radical (unpaired) electrons. The summed E-state index contributed by atoms with van der Waals surface area (Å²) in [6, 6.07) is 8.78. The maximum absolute atomic E-state index is 13.1. The zero-order valence-electron chi connectivity index (χ0n) is 18.1. The first-order valence-electron chi connectivity index (χ1n) is 10.3. The van der Waals surface area contributed by atoms with E-state index in [1.54, 1.807) is 24.3 Å². The Morgan fingerprint density at radius 1 is 1.13 bits per heavy atom. The lowest BCUT2D eigenvalue weighted by atomic mass is 9.92. The number of carbonyl (C=O) groups is 2. The Hall–Kier alpha value is -1.89. The maximum atomic E-state index is 13.1. The first-order chi connectivity index (χ1) is 14.1. The molecule has 162 valence electrons. The molecule has 2 amide bonds. The summed E-state index contributed by atoms with van der Waals surface area (Å²) < 4.78 is 0. The number of aryl methyl sites for hydroxylation is 1. The van der Waals surface area contributed by atoms with Crippen LogP contribution in [-0.2, 0) is 0 Å². The molecular weight excluding hydrogens is 418 g/mol. The monoisotopic (exact) mass is 447 g/mol. The van der Waals surface area contributed by atoms with Gasteiger partial charge in [-0.2, -0.15) is 0 Å². The number of piperazine rings is 1. The van der Waals surface area contributed by atoms with Crippen LogP contribution in [0.3, 0.4) is 0 Å². The molecule has 0 spiro atoms. The highest BCUT2D eigenvalue weighted by Crippen LogP contribution is 2.29. The van der Waals surface area contributed by atoms with Crippen molar-refractivity contribution < 1.29 is 9.59 Å². The molecule has 1 aromatic carbocycles. The summed E-state index contributed by atoms with van der Waals surface area (Å²) in [7, 11) is 0. The van der Waals surface area contributed by atoms with E-state index in [0.29, 0.717) is 25.9 Å². The highest BCUT2D eigenvalue weighted by molar-refractivity contribution is 7.18. The number of halogens is 1. The summed E-state index contributed by atoms with van der Waals surface area (Å²) in [4.78, 5) is 30.6. The van der Waals surface area contributed by atoms with Crippen molar-refractivity contribution >= 4 is 39.8 Å². The number of rotatable bonds is 5. The lowest BCUT2D eigenvalue weighted by Gasteiger charge is -2.35. The van der Waals surface area contributed by atoms with Gasteiger partial charge in [-0.3, -0.25) is 14.5 Å². The number of anilines is 1. The molecule has 2 aromatic rings. The van der Waals surface area contributed by atoms with E-state index in [4.69, 9.17) is 11.6 Å². The summed E-state index contributed by atoms with van der Waals surface area (Å²) in [6.07, 6.45) is 1.15. The van der Waals surface area contributed by atoms with Crippen LogP contribution in [-0.4, -0.2) is 54.3 Å². The molecule has 1 aromatic heterocycles. The van der Waals surface area contributed by atoms with Crippen LogP contribution in [0.1, 0.15) is 52.8 Å². The number of nitrogens with zero attached hydrogens (tertiary/aromatic N) is 2. The Morgan fingerprint density at radius 3 is 2.43 bits per heavy atom. The summed E-state index contributed by atoms with van der Waals surface area (Å²) >= 11 is 7.44. The summed E-state index contributed by atoms with van der Waals surface area (Å²) in [5.74, 6) is -0.223. The fourth-order valence-electron chi connectivity index (χ4n) is 3.39. The van der Waals surface area contributed by atoms with Gasteiger partial charge in [0, 0.05) is 26.2 Å². The Bertz CT molecular complexity index is 911. The van der Waals surface area contributed by atoms with Crippen LogP contribution in [0.2, 0.25) is 5.02 Å². The van der Waals surface area contributed by atoms with Crippen molar-refractivity contribution in [2.75, 3.05) is 38.0 Å². The third-order valence-corrected chi connectivity index (χ3v) is 6.77. The van der Waals surface area contributed by atoms with Crippen molar-refractivity contribution in [1.82, 2.24) is 9.80 Å². The van der Waals surface area contributed by atoms with E-state index in [-0.39, 0.29) is 11.8 Å². The van der Waals surface area contributed by atoms with Crippen molar-refractivity contribution in [2.24, 2.45) is 5.41 Å². The van der Waals surface area contributed by atoms with Crippen LogP contribution < -0.4 is 5.32 Å². The first kappa shape index (κ1) is 22.8. The maximum Gasteiger partial charge on any atom is 0.264 e. The van der Waals surface area contributed by atoms with E-state index >= 15 is 0 Å². The lowest BCUT2D eigenvalue weighted by molar-refractivity contribution is 0.0627. The highest BCUT2D eigenvalue weighted by atomic mass is 35.5. The molecule has 1 aliphatic heterocycles. The van der Waals surface area contributed by atoms with E-state index in [9.17, 15) is 9.59 Å². The minimum atomic E-state index is -0.270. The van der Waals surface area contributed by atoms with Gasteiger partial charge < -0.3 is 10.2 Å². The summed E-state index contributed by atoms with van der Waals surface area (Å²) in [6.45, 7) is 13.0. The van der Waals surface area contributed by atoms with E-state index in [2.05, 4.69) is 31.0 Å². The largest absolute Gasteiger partial charge is 0.335 e. The SMILES string of the molecule is Cc1cc(NC(=O)c2ccccc2Cl)sc1C(=O)N1CCN(CCC(C)(C)C)CC1. The van der Waals surface area contributed by atoms with Gasteiger partial charge in [0.05, 0.1) is 20.5 Å². The Labute approximate surface area is 188 Å². The standard InChI is InChI=1S/C23H30ClN3O2S/c1-16-15-19(25-21(28)17-7-5-6-8-18(17)24)30-20(16)22(29)27-13-11-26(12-14-27)10-9-23(2,3)4/h5-8,15H,9-14H2,1-4H3,(H,25,28). The number of carbonyl (C=O) groups excluding carboxylic acids is 2. The molecule has 1 aliphatic rings. The molecule has 1 fully saturated rings. The van der Waals surface area contributed by atoms with Crippen molar-refractivity contribution in [3.05, 3.63) is 51.4 Å². The zero-order valence-corrected chi connectivity index (χ0v) is 19.7. The number of hydrogen-bond donors (Lipinski definition) is 1. The van der Waals surface area contributed by atoms with Crippen LogP contribution >= 0.6 is 22.9 Å². The topological polar surface area (TPSA) is 52.7 Å². The molecule has 0 aliphatic carbocycles. The predicted octanol–water partition coefficient (Wildman–Crippen LogP) is 5.16. The van der Waals surface area contributed by atoms with Gasteiger partial charge in [0.2, 0.25) is 0 Å². The van der Waals surface area contributed by atoms with Crippen molar-refractivity contribution in [3.8, 4) is 0 Å². The van der Waals surface area contributed by atoms with Crippen LogP contribution in [0.15, 0.2) is 30.3 Å². The Balaban J connectivity index is 1.59. The van der Waals surface area contributed by atoms with Crippen molar-refractivity contribution in [3.63, 3.8) is 0 Å². The second-order valence-corrected chi connectivity index (χ2v) is 10.5. The molecule has 7 heteroatoms. The third-order valence-electron chi connectivity index (χ3n) is 5.30. The van der Waals surface area contributed by atoms with Gasteiger partial charge in [0.15, 0.2) is 0 Å². The molecule has 5 nitrogen and oxygen atoms in total. The van der Waals surface area contributed by atoms with Gasteiger partial charge in [-0.25, -0.2) is 0 Å². The fourth-order valence-corrected chi connectivity index (χ4v) is 4.65. The molecule has 0 bridgehead atoms. The fraction of sp³-hybridized carbons (Fsp3) is 0.478. The van der Waals surface area contributed by atoms with Crippen LogP contribution in [0.5, 0.6) is 0 Å². The average molecular weight is 448 g/mol. The quantitative estimate of drug-likeness (QED) is 0.689. The molecule has 0 unspecified atom stereocenters. The van der Waals surface area contributed by atoms with E-state index in [1.165, 1.54) is 11.3 Å². The zero-order chi connectivity index (χ0) is 21.9. The Kier molecular flexibility index (Phi) is 7.22. The predicted molar refractivity (Wildman–Crippen MR) is 125 cm³/mol. The molecule has 1 saturated heterocycles. The van der Waals surface area contributed by atoms with Crippen molar-refractivity contribution in [2.45, 2.75) is 34.1 Å². The van der Waals surface area contributed by atoms with Gasteiger partial charge in [-0.15, -0.1) is 11.3 Å². The molecule has 2 heterocycles. The summed E-state index contributed by atoms with van der Waals surface area (Å²) in [5, 5.41) is 3.94. The molecule has 30 heavy (non-hydrogen) atoms. The van der Waals surface area contributed by atoms with Gasteiger partial charge in [0.1, 0.15) is 0 Å². The van der Waals surface area contributed by atoms with Crippen LogP contribution in [0.25, 0.3) is 0 Å². The Morgan fingerprint density at radius 2 is 1.80 bits per heavy atom. The highest BCUT2D eigenvalue weighted by Gasteiger charge is 2.25. The second-order valence-electron chi connectivity index (χ2n) is 9.00. The van der Waals surface area contributed by atoms with Gasteiger partial charge >= 0.3 is 0 Å². The number of amides is 2. The number of benzene rings is 1. The van der Waals surface area contributed by atoms with E-state index < -0.39 is 0 Å². The molecular formula is C23H30ClN3O2S. The van der Waals surface area contributed by atoms with Crippen molar-refractivity contribution in [1.29, 1.82) is 0 Å². The smallest absolute Gasteiger partial charge is 0.264 e. The molecule has 1 N–H and O–H groups in total. The molecule has 0 atom stereocenters. The summed E-state index contributed by atoms with van der Waals surface area (Å²) in [5.41, 5.74) is 1.63. The van der Waals surface area contributed by atoms with Gasteiger partial charge in [0.25, 0.3) is 11.8 Å². The first-order valence-corrected chi connectivity index (χ1v) is 11.5. The molecule has 3 rings (SSSR count). The average Bonchev–Trinajstić information content (AvgIpc) is 3.06. The lowest BCUT2D eigenvalue weighted by Crippen LogP contribution is -2.49. The number of nitrogens with one attached hydrogen (secondary N) is 1. The van der Waals surface area contributed by atoms with Crippen LogP contribution in [0.4, 0.5) is 5.00 Å². The van der Waals surface area contributed by atoms with Gasteiger partial charge in [-0.1, -0.05) is 44.5 Å². The third kappa shape index (κ3) is 5.84. The van der Waals surface area contributed by atoms with E-state index in [0.717, 1.165) is 44.7 Å². The molecule has 0 saturated carbocycles. The number of thiophene rings is 1. The van der Waals surface area contributed by atoms with Gasteiger partial charge in [-0.05, 0) is 49.1 Å². The van der Waals surface area contributed by atoms with E-state index in [1.807, 2.05) is 17.9 Å². The van der Waals surface area contributed by atoms with Crippen LogP contribution in [0, 0.1) is 12.3 Å². The second kappa shape index (κ2) is 9.50. The minimum Gasteiger partial charge on any atom is -0.335 e. The number of hydrogen-bond acceptors (Lipinski definition) is 4.